The molecular weight excluding hydrogens is 238 g/mol. The minimum absolute atomic E-state index is 0.196. The van der Waals surface area contributed by atoms with Crippen LogP contribution in [0.3, 0.4) is 0 Å². The highest BCUT2D eigenvalue weighted by molar-refractivity contribution is 6.20. The Kier molecular flexibility index (Phi) is 6.82. The second kappa shape index (κ2) is 8.20. The number of rotatable bonds is 8. The summed E-state index contributed by atoms with van der Waals surface area (Å²) in [5.41, 5.74) is 0. The molecule has 0 saturated carbocycles. The lowest BCUT2D eigenvalue weighted by Crippen LogP contribution is -2.27. The first kappa shape index (κ1) is 14.1. The second-order valence-corrected chi connectivity index (χ2v) is 4.33. The first-order chi connectivity index (χ1) is 8.27. The summed E-state index contributed by atoms with van der Waals surface area (Å²) in [7, 11) is 1.64. The molecule has 1 atom stereocenters. The van der Waals surface area contributed by atoms with Crippen molar-refractivity contribution in [3.05, 3.63) is 24.3 Å². The maximum atomic E-state index is 5.99. The van der Waals surface area contributed by atoms with Crippen molar-refractivity contribution in [3.8, 4) is 11.5 Å². The Labute approximate surface area is 108 Å². The summed E-state index contributed by atoms with van der Waals surface area (Å²) in [5.74, 6) is 1.53. The summed E-state index contributed by atoms with van der Waals surface area (Å²) < 4.78 is 10.8. The monoisotopic (exact) mass is 257 g/mol. The van der Waals surface area contributed by atoms with E-state index in [1.807, 2.05) is 24.3 Å². The first-order valence-corrected chi connectivity index (χ1v) is 6.32. The van der Waals surface area contributed by atoms with Crippen LogP contribution in [0.2, 0.25) is 0 Å². The minimum Gasteiger partial charge on any atom is -0.493 e. The molecule has 1 aromatic carbocycles. The summed E-state index contributed by atoms with van der Waals surface area (Å²) in [5, 5.41) is 3.44. The molecule has 0 spiro atoms. The molecule has 0 bridgehead atoms. The number of para-hydroxylation sites is 2. The highest BCUT2D eigenvalue weighted by Crippen LogP contribution is 2.25. The average molecular weight is 258 g/mol. The Bertz CT molecular complexity index is 320. The summed E-state index contributed by atoms with van der Waals surface area (Å²) in [6.07, 6.45) is 0.974. The first-order valence-electron chi connectivity index (χ1n) is 5.88. The van der Waals surface area contributed by atoms with Gasteiger partial charge in [-0.3, -0.25) is 0 Å². The van der Waals surface area contributed by atoms with Gasteiger partial charge in [0, 0.05) is 18.5 Å². The highest BCUT2D eigenvalue weighted by atomic mass is 35.5. The van der Waals surface area contributed by atoms with Gasteiger partial charge in [-0.25, -0.2) is 0 Å². The van der Waals surface area contributed by atoms with E-state index in [1.165, 1.54) is 0 Å². The number of benzene rings is 1. The van der Waals surface area contributed by atoms with Crippen molar-refractivity contribution >= 4 is 11.6 Å². The van der Waals surface area contributed by atoms with E-state index in [0.29, 0.717) is 6.61 Å². The van der Waals surface area contributed by atoms with Crippen molar-refractivity contribution in [2.45, 2.75) is 18.7 Å². The van der Waals surface area contributed by atoms with Crippen LogP contribution >= 0.6 is 11.6 Å². The highest BCUT2D eigenvalue weighted by Gasteiger charge is 2.02. The van der Waals surface area contributed by atoms with Gasteiger partial charge in [-0.1, -0.05) is 19.1 Å². The van der Waals surface area contributed by atoms with Gasteiger partial charge < -0.3 is 14.8 Å². The van der Waals surface area contributed by atoms with E-state index in [1.54, 1.807) is 7.11 Å². The van der Waals surface area contributed by atoms with Crippen LogP contribution in [-0.2, 0) is 0 Å². The standard InChI is InChI=1S/C13H20ClNO2/c1-3-11(14)10-15-8-9-17-13-7-5-4-6-12(13)16-2/h4-7,11,15H,3,8-10H2,1-2H3. The zero-order chi connectivity index (χ0) is 12.5. The molecule has 1 aromatic rings. The van der Waals surface area contributed by atoms with Gasteiger partial charge in [0.2, 0.25) is 0 Å². The van der Waals surface area contributed by atoms with Crippen LogP contribution in [0.1, 0.15) is 13.3 Å². The Balaban J connectivity index is 2.22. The quantitative estimate of drug-likeness (QED) is 0.574. The zero-order valence-corrected chi connectivity index (χ0v) is 11.2. The number of methoxy groups -OCH3 is 1. The fourth-order valence-electron chi connectivity index (χ4n) is 1.37. The van der Waals surface area contributed by atoms with Gasteiger partial charge in [0.25, 0.3) is 0 Å². The normalized spacial score (nSPS) is 12.2. The van der Waals surface area contributed by atoms with Crippen LogP contribution in [0.15, 0.2) is 24.3 Å². The van der Waals surface area contributed by atoms with E-state index >= 15 is 0 Å². The lowest BCUT2D eigenvalue weighted by molar-refractivity contribution is 0.292. The summed E-state index contributed by atoms with van der Waals surface area (Å²) in [4.78, 5) is 0. The maximum absolute atomic E-state index is 5.99. The molecule has 1 unspecified atom stereocenters. The number of nitrogens with one attached hydrogen (secondary N) is 1. The average Bonchev–Trinajstić information content (AvgIpc) is 2.38. The molecule has 0 aromatic heterocycles. The second-order valence-electron chi connectivity index (χ2n) is 3.71. The molecule has 1 rings (SSSR count). The largest absolute Gasteiger partial charge is 0.493 e. The van der Waals surface area contributed by atoms with Crippen LogP contribution in [-0.4, -0.2) is 32.2 Å². The van der Waals surface area contributed by atoms with Gasteiger partial charge in [-0.15, -0.1) is 11.6 Å². The molecule has 17 heavy (non-hydrogen) atoms. The summed E-state index contributed by atoms with van der Waals surface area (Å²) in [6, 6.07) is 7.63. The molecule has 0 radical (unpaired) electrons. The molecule has 0 aliphatic rings. The van der Waals surface area contributed by atoms with Gasteiger partial charge in [-0.05, 0) is 18.6 Å². The molecule has 0 amide bonds. The van der Waals surface area contributed by atoms with Crippen molar-refractivity contribution in [3.63, 3.8) is 0 Å². The number of ether oxygens (including phenoxy) is 2. The van der Waals surface area contributed by atoms with Gasteiger partial charge in [-0.2, -0.15) is 0 Å². The number of halogens is 1. The predicted molar refractivity (Wildman–Crippen MR) is 71.3 cm³/mol. The zero-order valence-electron chi connectivity index (χ0n) is 10.4. The minimum atomic E-state index is 0.196. The summed E-state index contributed by atoms with van der Waals surface area (Å²) in [6.45, 7) is 4.27. The molecule has 4 heteroatoms. The van der Waals surface area contributed by atoms with Crippen molar-refractivity contribution in [1.29, 1.82) is 0 Å². The number of hydrogen-bond donors (Lipinski definition) is 1. The van der Waals surface area contributed by atoms with Gasteiger partial charge >= 0.3 is 0 Å². The third kappa shape index (κ3) is 5.29. The maximum Gasteiger partial charge on any atom is 0.161 e. The fraction of sp³-hybridized carbons (Fsp3) is 0.538. The van der Waals surface area contributed by atoms with Gasteiger partial charge in [0.05, 0.1) is 7.11 Å². The molecule has 0 saturated heterocycles. The van der Waals surface area contributed by atoms with Gasteiger partial charge in [0.15, 0.2) is 11.5 Å². The van der Waals surface area contributed by atoms with E-state index in [4.69, 9.17) is 21.1 Å². The van der Waals surface area contributed by atoms with Crippen LogP contribution < -0.4 is 14.8 Å². The van der Waals surface area contributed by atoms with Crippen LogP contribution in [0.4, 0.5) is 0 Å². The third-order valence-corrected chi connectivity index (χ3v) is 2.88. The molecule has 1 N–H and O–H groups in total. The predicted octanol–water partition coefficient (Wildman–Crippen LogP) is 2.68. The van der Waals surface area contributed by atoms with Crippen LogP contribution in [0, 0.1) is 0 Å². The topological polar surface area (TPSA) is 30.5 Å². The molecule has 96 valence electrons. The van der Waals surface area contributed by atoms with Crippen molar-refractivity contribution in [2.24, 2.45) is 0 Å². The smallest absolute Gasteiger partial charge is 0.161 e. The van der Waals surface area contributed by atoms with E-state index in [2.05, 4.69) is 12.2 Å². The lowest BCUT2D eigenvalue weighted by atomic mass is 10.3. The lowest BCUT2D eigenvalue weighted by Gasteiger charge is -2.11. The Morgan fingerprint density at radius 2 is 2.00 bits per heavy atom. The van der Waals surface area contributed by atoms with Crippen molar-refractivity contribution in [2.75, 3.05) is 26.8 Å². The number of hydrogen-bond acceptors (Lipinski definition) is 3. The molecular formula is C13H20ClNO2. The van der Waals surface area contributed by atoms with E-state index in [0.717, 1.165) is 31.0 Å². The molecule has 0 aliphatic carbocycles. The SMILES string of the molecule is CCC(Cl)CNCCOc1ccccc1OC. The molecule has 3 nitrogen and oxygen atoms in total. The fourth-order valence-corrected chi connectivity index (χ4v) is 1.48. The van der Waals surface area contributed by atoms with E-state index in [-0.39, 0.29) is 5.38 Å². The van der Waals surface area contributed by atoms with Crippen LogP contribution in [0.25, 0.3) is 0 Å². The van der Waals surface area contributed by atoms with E-state index < -0.39 is 0 Å². The van der Waals surface area contributed by atoms with E-state index in [9.17, 15) is 0 Å². The Morgan fingerprint density at radius 3 is 2.65 bits per heavy atom. The summed E-state index contributed by atoms with van der Waals surface area (Å²) >= 11 is 5.99. The Morgan fingerprint density at radius 1 is 1.29 bits per heavy atom. The number of alkyl halides is 1. The van der Waals surface area contributed by atoms with Crippen molar-refractivity contribution < 1.29 is 9.47 Å². The van der Waals surface area contributed by atoms with Gasteiger partial charge in [0.1, 0.15) is 6.61 Å². The third-order valence-electron chi connectivity index (χ3n) is 2.41. The Hall–Kier alpha value is -0.930. The van der Waals surface area contributed by atoms with Crippen molar-refractivity contribution in [1.82, 2.24) is 5.32 Å². The molecule has 0 heterocycles. The molecule has 0 fully saturated rings. The molecule has 0 aliphatic heterocycles. The van der Waals surface area contributed by atoms with Crippen LogP contribution in [0.5, 0.6) is 11.5 Å².